The maximum atomic E-state index is 12.9. The van der Waals surface area contributed by atoms with Crippen molar-refractivity contribution in [3.8, 4) is 0 Å². The number of carbonyl (C=O) groups is 2. The van der Waals surface area contributed by atoms with Crippen LogP contribution in [-0.4, -0.2) is 42.8 Å². The Hall–Kier alpha value is -3.26. The van der Waals surface area contributed by atoms with Crippen molar-refractivity contribution in [1.29, 1.82) is 0 Å². The van der Waals surface area contributed by atoms with Gasteiger partial charge in [0.25, 0.3) is 11.7 Å². The van der Waals surface area contributed by atoms with E-state index in [0.29, 0.717) is 25.1 Å². The summed E-state index contributed by atoms with van der Waals surface area (Å²) in [7, 11) is 0. The third kappa shape index (κ3) is 3.91. The highest BCUT2D eigenvalue weighted by molar-refractivity contribution is 9.10. The van der Waals surface area contributed by atoms with Crippen LogP contribution in [0.4, 0.5) is 0 Å². The van der Waals surface area contributed by atoms with Crippen molar-refractivity contribution >= 4 is 33.4 Å². The number of aliphatic hydroxyl groups excluding tert-OH is 1. The van der Waals surface area contributed by atoms with Gasteiger partial charge in [0.15, 0.2) is 0 Å². The van der Waals surface area contributed by atoms with Crippen molar-refractivity contribution in [2.75, 3.05) is 6.54 Å². The molecule has 1 unspecified atom stereocenters. The highest BCUT2D eigenvalue weighted by atomic mass is 79.9. The highest BCUT2D eigenvalue weighted by Crippen LogP contribution is 2.39. The molecule has 1 saturated heterocycles. The number of nitrogens with zero attached hydrogens (tertiary/aromatic N) is 4. The SMILES string of the molecule is O=C1C(=O)N(CCCn2ccnc2)C(c2ccc(Br)cc2)/C1=C(\O)c1ccncc1. The third-order valence-electron chi connectivity index (χ3n) is 5.05. The molecule has 4 rings (SSSR count). The van der Waals surface area contributed by atoms with Crippen LogP contribution >= 0.6 is 15.9 Å². The first kappa shape index (κ1) is 20.0. The summed E-state index contributed by atoms with van der Waals surface area (Å²) >= 11 is 3.41. The van der Waals surface area contributed by atoms with Crippen LogP contribution in [0.1, 0.15) is 23.6 Å². The molecule has 8 heteroatoms. The Morgan fingerprint density at radius 1 is 1.00 bits per heavy atom. The molecule has 0 radical (unpaired) electrons. The van der Waals surface area contributed by atoms with E-state index >= 15 is 0 Å². The van der Waals surface area contributed by atoms with Gasteiger partial charge < -0.3 is 14.6 Å². The number of aromatic nitrogens is 3. The zero-order chi connectivity index (χ0) is 21.1. The summed E-state index contributed by atoms with van der Waals surface area (Å²) in [4.78, 5) is 35.3. The zero-order valence-electron chi connectivity index (χ0n) is 16.0. The van der Waals surface area contributed by atoms with Crippen LogP contribution < -0.4 is 0 Å². The number of aryl methyl sites for hydroxylation is 1. The topological polar surface area (TPSA) is 88.3 Å². The minimum atomic E-state index is -0.681. The fraction of sp³-hybridized carbons (Fsp3) is 0.182. The number of amides is 1. The number of benzene rings is 1. The predicted molar refractivity (Wildman–Crippen MR) is 114 cm³/mol. The zero-order valence-corrected chi connectivity index (χ0v) is 17.6. The Bertz CT molecular complexity index is 1080. The summed E-state index contributed by atoms with van der Waals surface area (Å²) < 4.78 is 2.81. The highest BCUT2D eigenvalue weighted by Gasteiger charge is 2.45. The second-order valence-electron chi connectivity index (χ2n) is 6.93. The van der Waals surface area contributed by atoms with Gasteiger partial charge in [-0.25, -0.2) is 4.98 Å². The Balaban J connectivity index is 1.72. The maximum absolute atomic E-state index is 12.9. The van der Waals surface area contributed by atoms with Crippen molar-refractivity contribution in [1.82, 2.24) is 19.4 Å². The number of pyridine rings is 1. The van der Waals surface area contributed by atoms with E-state index in [1.165, 1.54) is 17.3 Å². The summed E-state index contributed by atoms with van der Waals surface area (Å²) in [6, 6.07) is 9.97. The molecule has 0 saturated carbocycles. The van der Waals surface area contributed by atoms with Gasteiger partial charge in [0.2, 0.25) is 0 Å². The smallest absolute Gasteiger partial charge is 0.295 e. The van der Waals surface area contributed by atoms with Crippen LogP contribution in [0, 0.1) is 0 Å². The van der Waals surface area contributed by atoms with E-state index in [4.69, 9.17) is 0 Å². The number of hydrogen-bond donors (Lipinski definition) is 1. The van der Waals surface area contributed by atoms with Gasteiger partial charge in [0, 0.05) is 47.9 Å². The number of hydrogen-bond acceptors (Lipinski definition) is 5. The number of ketones is 1. The van der Waals surface area contributed by atoms with Gasteiger partial charge in [0.1, 0.15) is 5.76 Å². The van der Waals surface area contributed by atoms with E-state index in [2.05, 4.69) is 25.9 Å². The first-order chi connectivity index (χ1) is 14.6. The first-order valence-corrected chi connectivity index (χ1v) is 10.3. The molecule has 7 nitrogen and oxygen atoms in total. The molecule has 0 aliphatic carbocycles. The standard InChI is InChI=1S/C22H19BrN4O3/c23-17-4-2-15(3-5-17)19-18(20(28)16-6-8-24-9-7-16)21(29)22(30)27(19)12-1-11-26-13-10-25-14-26/h2-10,13-14,19,28H,1,11-12H2/b20-18+. The van der Waals surface area contributed by atoms with Gasteiger partial charge in [-0.2, -0.15) is 0 Å². The van der Waals surface area contributed by atoms with Crippen LogP contribution in [-0.2, 0) is 16.1 Å². The molecule has 2 aromatic heterocycles. The summed E-state index contributed by atoms with van der Waals surface area (Å²) in [5.41, 5.74) is 1.30. The van der Waals surface area contributed by atoms with E-state index in [1.54, 1.807) is 24.7 Å². The fourth-order valence-electron chi connectivity index (χ4n) is 3.61. The second-order valence-corrected chi connectivity index (χ2v) is 7.85. The molecular formula is C22H19BrN4O3. The maximum Gasteiger partial charge on any atom is 0.295 e. The van der Waals surface area contributed by atoms with E-state index in [-0.39, 0.29) is 11.3 Å². The first-order valence-electron chi connectivity index (χ1n) is 9.46. The van der Waals surface area contributed by atoms with Gasteiger partial charge in [0.05, 0.1) is 17.9 Å². The van der Waals surface area contributed by atoms with Gasteiger partial charge >= 0.3 is 0 Å². The van der Waals surface area contributed by atoms with E-state index in [1.807, 2.05) is 35.0 Å². The lowest BCUT2D eigenvalue weighted by molar-refractivity contribution is -0.139. The molecule has 1 atom stereocenters. The van der Waals surface area contributed by atoms with Crippen molar-refractivity contribution < 1.29 is 14.7 Å². The van der Waals surface area contributed by atoms with Crippen molar-refractivity contribution in [3.05, 3.63) is 88.7 Å². The molecule has 1 aliphatic heterocycles. The minimum Gasteiger partial charge on any atom is -0.507 e. The lowest BCUT2D eigenvalue weighted by Gasteiger charge is -2.25. The predicted octanol–water partition coefficient (Wildman–Crippen LogP) is 3.55. The molecule has 1 aliphatic rings. The Morgan fingerprint density at radius 3 is 2.40 bits per heavy atom. The Labute approximate surface area is 181 Å². The third-order valence-corrected chi connectivity index (χ3v) is 5.58. The number of aliphatic hydroxyl groups is 1. The monoisotopic (exact) mass is 466 g/mol. The van der Waals surface area contributed by atoms with Gasteiger partial charge in [-0.3, -0.25) is 14.6 Å². The van der Waals surface area contributed by atoms with E-state index in [9.17, 15) is 14.7 Å². The van der Waals surface area contributed by atoms with Crippen LogP contribution in [0.5, 0.6) is 0 Å². The number of carbonyl (C=O) groups excluding carboxylic acids is 2. The Kier molecular flexibility index (Phi) is 5.76. The summed E-state index contributed by atoms with van der Waals surface area (Å²) in [6.07, 6.45) is 8.97. The number of rotatable bonds is 6. The lowest BCUT2D eigenvalue weighted by atomic mass is 9.95. The number of Topliss-reactive ketones (excluding diaryl/α,β-unsaturated/α-hetero) is 1. The lowest BCUT2D eigenvalue weighted by Crippen LogP contribution is -2.31. The molecule has 30 heavy (non-hydrogen) atoms. The average molecular weight is 467 g/mol. The number of likely N-dealkylation sites (tertiary alicyclic amines) is 1. The summed E-state index contributed by atoms with van der Waals surface area (Å²) in [5, 5.41) is 10.9. The molecule has 1 amide bonds. The minimum absolute atomic E-state index is 0.0937. The summed E-state index contributed by atoms with van der Waals surface area (Å²) in [5.74, 6) is -1.48. The van der Waals surface area contributed by atoms with Gasteiger partial charge in [-0.05, 0) is 36.2 Å². The van der Waals surface area contributed by atoms with Crippen molar-refractivity contribution in [2.45, 2.75) is 19.0 Å². The quantitative estimate of drug-likeness (QED) is 0.340. The second kappa shape index (κ2) is 8.62. The molecule has 1 fully saturated rings. The van der Waals surface area contributed by atoms with Crippen molar-refractivity contribution in [2.24, 2.45) is 0 Å². The molecule has 0 spiro atoms. The van der Waals surface area contributed by atoms with Crippen LogP contribution in [0.2, 0.25) is 0 Å². The van der Waals surface area contributed by atoms with Crippen molar-refractivity contribution in [3.63, 3.8) is 0 Å². The average Bonchev–Trinajstić information content (AvgIpc) is 3.37. The fourth-order valence-corrected chi connectivity index (χ4v) is 3.87. The largest absolute Gasteiger partial charge is 0.507 e. The van der Waals surface area contributed by atoms with Gasteiger partial charge in [-0.1, -0.05) is 28.1 Å². The molecule has 152 valence electrons. The van der Waals surface area contributed by atoms with E-state index < -0.39 is 17.7 Å². The molecule has 0 bridgehead atoms. The molecule has 3 aromatic rings. The molecule has 1 N–H and O–H groups in total. The normalized spacial score (nSPS) is 18.2. The summed E-state index contributed by atoms with van der Waals surface area (Å²) in [6.45, 7) is 1.04. The number of imidazole rings is 1. The van der Waals surface area contributed by atoms with Crippen LogP contribution in [0.3, 0.4) is 0 Å². The molecular weight excluding hydrogens is 448 g/mol. The molecule has 3 heterocycles. The Morgan fingerprint density at radius 2 is 1.73 bits per heavy atom. The van der Waals surface area contributed by atoms with Crippen LogP contribution in [0.15, 0.2) is 77.6 Å². The molecule has 1 aromatic carbocycles. The number of halogens is 1. The van der Waals surface area contributed by atoms with Gasteiger partial charge in [-0.15, -0.1) is 0 Å². The van der Waals surface area contributed by atoms with Crippen LogP contribution in [0.25, 0.3) is 5.76 Å². The van der Waals surface area contributed by atoms with E-state index in [0.717, 1.165) is 10.0 Å².